The van der Waals surface area contributed by atoms with Crippen molar-refractivity contribution in [1.29, 1.82) is 0 Å². The number of nitrogen functional groups attached to an aromatic ring is 1. The van der Waals surface area contributed by atoms with Gasteiger partial charge in [-0.3, -0.25) is 9.69 Å². The molecule has 0 saturated carbocycles. The van der Waals surface area contributed by atoms with E-state index in [1.165, 1.54) is 17.3 Å². The maximum atomic E-state index is 12.7. The summed E-state index contributed by atoms with van der Waals surface area (Å²) in [6.07, 6.45) is 4.81. The van der Waals surface area contributed by atoms with Crippen molar-refractivity contribution in [2.24, 2.45) is 5.10 Å². The van der Waals surface area contributed by atoms with Crippen LogP contribution in [0.3, 0.4) is 0 Å². The fourth-order valence-electron chi connectivity index (χ4n) is 3.19. The quantitative estimate of drug-likeness (QED) is 0.454. The highest BCUT2D eigenvalue weighted by atomic mass is 16.6. The molecule has 152 valence electrons. The second-order valence-corrected chi connectivity index (χ2v) is 6.75. The minimum absolute atomic E-state index is 0.0629. The summed E-state index contributed by atoms with van der Waals surface area (Å²) in [6, 6.07) is 3.56. The van der Waals surface area contributed by atoms with Crippen molar-refractivity contribution in [3.63, 3.8) is 0 Å². The number of anilines is 1. The smallest absolute Gasteiger partial charge is 0.293 e. The van der Waals surface area contributed by atoms with Crippen LogP contribution >= 0.6 is 0 Å². The predicted molar refractivity (Wildman–Crippen MR) is 101 cm³/mol. The Balaban J connectivity index is 1.57. The zero-order valence-corrected chi connectivity index (χ0v) is 15.9. The predicted octanol–water partition coefficient (Wildman–Crippen LogP) is 0.884. The van der Waals surface area contributed by atoms with Crippen molar-refractivity contribution in [3.05, 3.63) is 35.0 Å². The van der Waals surface area contributed by atoms with Crippen LogP contribution in [-0.2, 0) is 6.54 Å². The van der Waals surface area contributed by atoms with Gasteiger partial charge in [-0.25, -0.2) is 10.1 Å². The van der Waals surface area contributed by atoms with E-state index in [2.05, 4.69) is 40.7 Å². The van der Waals surface area contributed by atoms with Crippen molar-refractivity contribution < 1.29 is 13.8 Å². The van der Waals surface area contributed by atoms with Gasteiger partial charge >= 0.3 is 0 Å². The van der Waals surface area contributed by atoms with Crippen LogP contribution in [-0.4, -0.2) is 55.4 Å². The van der Waals surface area contributed by atoms with Crippen molar-refractivity contribution in [3.8, 4) is 5.82 Å². The molecular formula is C17H21N9O3. The summed E-state index contributed by atoms with van der Waals surface area (Å²) in [4.78, 5) is 14.9. The Morgan fingerprint density at radius 2 is 2.14 bits per heavy atom. The average molecular weight is 399 g/mol. The number of aryl methyl sites for hydroxylation is 1. The zero-order chi connectivity index (χ0) is 20.2. The molecule has 12 nitrogen and oxygen atoms in total. The molecule has 4 rings (SSSR count). The number of hydrogen-bond acceptors (Lipinski definition) is 10. The van der Waals surface area contributed by atoms with Gasteiger partial charge in [0.25, 0.3) is 5.91 Å². The summed E-state index contributed by atoms with van der Waals surface area (Å²) in [5, 5.41) is 19.3. The Labute approximate surface area is 165 Å². The van der Waals surface area contributed by atoms with E-state index >= 15 is 0 Å². The van der Waals surface area contributed by atoms with Crippen LogP contribution in [0.2, 0.25) is 0 Å². The van der Waals surface area contributed by atoms with Crippen molar-refractivity contribution in [1.82, 2.24) is 35.6 Å². The van der Waals surface area contributed by atoms with E-state index in [0.717, 1.165) is 31.7 Å². The van der Waals surface area contributed by atoms with Gasteiger partial charge < -0.3 is 10.2 Å². The van der Waals surface area contributed by atoms with Crippen molar-refractivity contribution in [2.45, 2.75) is 32.7 Å². The lowest BCUT2D eigenvalue weighted by Gasteiger charge is -2.26. The molecule has 3 aromatic rings. The topological polar surface area (TPSA) is 153 Å². The van der Waals surface area contributed by atoms with Gasteiger partial charge in [0.15, 0.2) is 5.69 Å². The second kappa shape index (κ2) is 8.22. The number of nitrogens with zero attached hydrogens (tertiary/aromatic N) is 7. The van der Waals surface area contributed by atoms with Gasteiger partial charge in [0.05, 0.1) is 11.9 Å². The first-order valence-electron chi connectivity index (χ1n) is 9.27. The lowest BCUT2D eigenvalue weighted by molar-refractivity contribution is 0.0947. The molecule has 0 bridgehead atoms. The summed E-state index contributed by atoms with van der Waals surface area (Å²) in [5.74, 6) is 1.04. The lowest BCUT2D eigenvalue weighted by atomic mass is 10.1. The molecular weight excluding hydrogens is 378 g/mol. The molecule has 3 N–H and O–H groups in total. The standard InChI is InChI=1S/C17H21N9O3/c1-11-5-6-12(28-11)9-19-21-17(27)14-13(10-25-7-3-2-4-8-25)26(24-20-14)16-15(18)22-29-23-16/h5-6,9H,2-4,7-8,10H2,1H3,(H2,18,22)(H,21,27)/b19-9+. The van der Waals surface area contributed by atoms with Crippen LogP contribution in [0, 0.1) is 6.92 Å². The van der Waals surface area contributed by atoms with Gasteiger partial charge in [-0.2, -0.15) is 9.78 Å². The molecule has 1 aliphatic heterocycles. The third-order valence-electron chi connectivity index (χ3n) is 4.62. The number of nitrogens with one attached hydrogen (secondary N) is 1. The van der Waals surface area contributed by atoms with Crippen molar-refractivity contribution in [2.75, 3.05) is 18.8 Å². The van der Waals surface area contributed by atoms with Gasteiger partial charge in [-0.1, -0.05) is 11.6 Å². The van der Waals surface area contributed by atoms with Crippen LogP contribution in [0.4, 0.5) is 5.82 Å². The molecule has 0 unspecified atom stereocenters. The van der Waals surface area contributed by atoms with E-state index in [1.807, 2.05) is 13.0 Å². The van der Waals surface area contributed by atoms with Gasteiger partial charge in [0, 0.05) is 6.54 Å². The highest BCUT2D eigenvalue weighted by Gasteiger charge is 2.26. The average Bonchev–Trinajstić information content (AvgIpc) is 3.43. The molecule has 12 heteroatoms. The number of likely N-dealkylation sites (tertiary alicyclic amines) is 1. The first kappa shape index (κ1) is 18.8. The van der Waals surface area contributed by atoms with E-state index in [-0.39, 0.29) is 17.3 Å². The number of aromatic nitrogens is 5. The number of rotatable bonds is 6. The van der Waals surface area contributed by atoms with E-state index in [4.69, 9.17) is 10.2 Å². The van der Waals surface area contributed by atoms with E-state index in [1.54, 1.807) is 6.07 Å². The van der Waals surface area contributed by atoms with Gasteiger partial charge in [-0.05, 0) is 55.3 Å². The zero-order valence-electron chi connectivity index (χ0n) is 15.9. The number of nitrogens with two attached hydrogens (primary N) is 1. The highest BCUT2D eigenvalue weighted by Crippen LogP contribution is 2.19. The largest absolute Gasteiger partial charge is 0.460 e. The molecule has 0 aromatic carbocycles. The highest BCUT2D eigenvalue weighted by molar-refractivity contribution is 5.94. The third-order valence-corrected chi connectivity index (χ3v) is 4.62. The molecule has 4 heterocycles. The number of amides is 1. The van der Waals surface area contributed by atoms with E-state index < -0.39 is 5.91 Å². The second-order valence-electron chi connectivity index (χ2n) is 6.75. The Morgan fingerprint density at radius 1 is 1.31 bits per heavy atom. The molecule has 1 saturated heterocycles. The maximum Gasteiger partial charge on any atom is 0.293 e. The lowest BCUT2D eigenvalue weighted by Crippen LogP contribution is -2.31. The molecule has 29 heavy (non-hydrogen) atoms. The summed E-state index contributed by atoms with van der Waals surface area (Å²) in [7, 11) is 0. The van der Waals surface area contributed by atoms with E-state index in [9.17, 15) is 4.79 Å². The number of piperidine rings is 1. The van der Waals surface area contributed by atoms with Gasteiger partial charge in [0.2, 0.25) is 11.6 Å². The minimum atomic E-state index is -0.502. The van der Waals surface area contributed by atoms with Crippen LogP contribution in [0.25, 0.3) is 5.82 Å². The number of carbonyl (C=O) groups excluding carboxylic acids is 1. The van der Waals surface area contributed by atoms with Crippen LogP contribution in [0.5, 0.6) is 0 Å². The minimum Gasteiger partial charge on any atom is -0.460 e. The molecule has 1 aliphatic rings. The first-order valence-corrected chi connectivity index (χ1v) is 9.27. The molecule has 0 radical (unpaired) electrons. The molecule has 3 aromatic heterocycles. The number of carbonyl (C=O) groups is 1. The Morgan fingerprint density at radius 3 is 2.83 bits per heavy atom. The maximum absolute atomic E-state index is 12.7. The Hall–Kier alpha value is -3.54. The Bertz CT molecular complexity index is 1010. The summed E-state index contributed by atoms with van der Waals surface area (Å²) < 4.78 is 11.4. The molecule has 1 fully saturated rings. The first-order chi connectivity index (χ1) is 14.1. The SMILES string of the molecule is Cc1ccc(/C=N/NC(=O)c2nnn(-c3nonc3N)c2CN2CCCCC2)o1. The Kier molecular flexibility index (Phi) is 5.33. The number of furan rings is 1. The van der Waals surface area contributed by atoms with E-state index in [0.29, 0.717) is 18.0 Å². The fourth-order valence-corrected chi connectivity index (χ4v) is 3.19. The summed E-state index contributed by atoms with van der Waals surface area (Å²) in [5.41, 5.74) is 8.92. The molecule has 0 aliphatic carbocycles. The molecule has 0 atom stereocenters. The number of hydrogen-bond donors (Lipinski definition) is 2. The van der Waals surface area contributed by atoms with Crippen LogP contribution in [0.15, 0.2) is 26.3 Å². The summed E-state index contributed by atoms with van der Waals surface area (Å²) in [6.45, 7) is 4.14. The normalized spacial score (nSPS) is 15.2. The summed E-state index contributed by atoms with van der Waals surface area (Å²) >= 11 is 0. The van der Waals surface area contributed by atoms with Crippen LogP contribution in [0.1, 0.15) is 47.0 Å². The van der Waals surface area contributed by atoms with Crippen LogP contribution < -0.4 is 11.2 Å². The monoisotopic (exact) mass is 399 g/mol. The fraction of sp³-hybridized carbons (Fsp3) is 0.412. The van der Waals surface area contributed by atoms with Gasteiger partial charge in [0.1, 0.15) is 11.5 Å². The molecule has 0 spiro atoms. The third kappa shape index (κ3) is 4.16. The molecule has 1 amide bonds. The van der Waals surface area contributed by atoms with Gasteiger partial charge in [-0.15, -0.1) is 5.10 Å². The van der Waals surface area contributed by atoms with Crippen molar-refractivity contribution >= 4 is 17.9 Å². The number of hydrazone groups is 1.